The van der Waals surface area contributed by atoms with Gasteiger partial charge in [0.15, 0.2) is 5.96 Å². The molecule has 0 saturated carbocycles. The van der Waals surface area contributed by atoms with Crippen LogP contribution in [0.5, 0.6) is 5.75 Å². The third-order valence-electron chi connectivity index (χ3n) is 3.10. The molecule has 0 spiro atoms. The van der Waals surface area contributed by atoms with E-state index in [1.54, 1.807) is 0 Å². The molecular weight excluding hydrogens is 415 g/mol. The van der Waals surface area contributed by atoms with Crippen LogP contribution in [0.15, 0.2) is 29.3 Å². The standard InChI is InChI=1S/C18H32N4O.HI/c1-6-19-17(20-12-13-22-18(3,4)5)21-14-15-10-8-9-11-16(15)23-7-2;/h8-11,22H,6-7,12-14H2,1-5H3,(H2,19,20,21);1H. The number of guanidine groups is 1. The minimum Gasteiger partial charge on any atom is -0.494 e. The van der Waals surface area contributed by atoms with Gasteiger partial charge in [0.1, 0.15) is 5.75 Å². The van der Waals surface area contributed by atoms with Crippen molar-refractivity contribution in [1.82, 2.24) is 16.0 Å². The molecule has 1 rings (SSSR count). The summed E-state index contributed by atoms with van der Waals surface area (Å²) < 4.78 is 5.65. The van der Waals surface area contributed by atoms with Gasteiger partial charge in [-0.3, -0.25) is 0 Å². The van der Waals surface area contributed by atoms with E-state index in [4.69, 9.17) is 4.74 Å². The quantitative estimate of drug-likeness (QED) is 0.248. The molecule has 5 nitrogen and oxygen atoms in total. The molecule has 0 aliphatic rings. The molecule has 0 aromatic heterocycles. The lowest BCUT2D eigenvalue weighted by Crippen LogP contribution is -2.44. The normalized spacial score (nSPS) is 11.6. The Morgan fingerprint density at radius 1 is 1.08 bits per heavy atom. The molecule has 1 aromatic rings. The zero-order valence-electron chi connectivity index (χ0n) is 15.6. The van der Waals surface area contributed by atoms with Crippen LogP contribution >= 0.6 is 24.0 Å². The summed E-state index contributed by atoms with van der Waals surface area (Å²) in [4.78, 5) is 4.65. The van der Waals surface area contributed by atoms with E-state index in [-0.39, 0.29) is 29.5 Å². The van der Waals surface area contributed by atoms with Crippen LogP contribution in [-0.2, 0) is 6.54 Å². The van der Waals surface area contributed by atoms with E-state index in [1.165, 1.54) is 0 Å². The molecule has 0 saturated heterocycles. The molecule has 1 aromatic carbocycles. The van der Waals surface area contributed by atoms with E-state index < -0.39 is 0 Å². The van der Waals surface area contributed by atoms with Gasteiger partial charge in [-0.25, -0.2) is 4.99 Å². The molecule has 0 fully saturated rings. The fourth-order valence-electron chi connectivity index (χ4n) is 2.06. The zero-order valence-corrected chi connectivity index (χ0v) is 17.9. The largest absolute Gasteiger partial charge is 0.494 e. The lowest BCUT2D eigenvalue weighted by atomic mass is 10.1. The Hall–Kier alpha value is -1.02. The highest BCUT2D eigenvalue weighted by Gasteiger charge is 2.07. The summed E-state index contributed by atoms with van der Waals surface area (Å²) in [6.07, 6.45) is 0. The monoisotopic (exact) mass is 448 g/mol. The van der Waals surface area contributed by atoms with Crippen LogP contribution in [0.2, 0.25) is 0 Å². The van der Waals surface area contributed by atoms with Crippen molar-refractivity contribution < 1.29 is 4.74 Å². The smallest absolute Gasteiger partial charge is 0.191 e. The van der Waals surface area contributed by atoms with Gasteiger partial charge in [-0.05, 0) is 40.7 Å². The van der Waals surface area contributed by atoms with Gasteiger partial charge in [-0.1, -0.05) is 18.2 Å². The van der Waals surface area contributed by atoms with Crippen molar-refractivity contribution in [3.05, 3.63) is 29.8 Å². The Labute approximate surface area is 164 Å². The number of nitrogens with zero attached hydrogens (tertiary/aromatic N) is 1. The molecule has 138 valence electrons. The number of ether oxygens (including phenoxy) is 1. The van der Waals surface area contributed by atoms with Crippen molar-refractivity contribution in [1.29, 1.82) is 0 Å². The van der Waals surface area contributed by atoms with E-state index in [1.807, 2.05) is 25.1 Å². The van der Waals surface area contributed by atoms with Crippen molar-refractivity contribution >= 4 is 29.9 Å². The Morgan fingerprint density at radius 3 is 2.42 bits per heavy atom. The number of halogens is 1. The van der Waals surface area contributed by atoms with Gasteiger partial charge < -0.3 is 20.7 Å². The molecular formula is C18H33IN4O. The highest BCUT2D eigenvalue weighted by atomic mass is 127. The van der Waals surface area contributed by atoms with Gasteiger partial charge in [0.2, 0.25) is 0 Å². The first kappa shape index (κ1) is 23.0. The molecule has 0 bridgehead atoms. The lowest BCUT2D eigenvalue weighted by Gasteiger charge is -2.21. The van der Waals surface area contributed by atoms with Crippen LogP contribution in [0, 0.1) is 0 Å². The Kier molecular flexibility index (Phi) is 11.8. The first-order valence-electron chi connectivity index (χ1n) is 8.44. The van der Waals surface area contributed by atoms with Crippen molar-refractivity contribution in [2.45, 2.75) is 46.7 Å². The molecule has 0 amide bonds. The van der Waals surface area contributed by atoms with Crippen LogP contribution < -0.4 is 20.7 Å². The third-order valence-corrected chi connectivity index (χ3v) is 3.10. The van der Waals surface area contributed by atoms with Crippen LogP contribution in [0.3, 0.4) is 0 Å². The van der Waals surface area contributed by atoms with Crippen LogP contribution in [0.4, 0.5) is 0 Å². The number of hydrogen-bond donors (Lipinski definition) is 3. The SMILES string of the molecule is CCNC(=NCc1ccccc1OCC)NCCNC(C)(C)C.I. The Bertz CT molecular complexity index is 486. The van der Waals surface area contributed by atoms with Crippen LogP contribution in [0.25, 0.3) is 0 Å². The predicted molar refractivity (Wildman–Crippen MR) is 114 cm³/mol. The highest BCUT2D eigenvalue weighted by Crippen LogP contribution is 2.18. The summed E-state index contributed by atoms with van der Waals surface area (Å²) in [6, 6.07) is 8.04. The van der Waals surface area contributed by atoms with E-state index in [0.29, 0.717) is 13.2 Å². The second kappa shape index (κ2) is 12.4. The number of hydrogen-bond acceptors (Lipinski definition) is 3. The predicted octanol–water partition coefficient (Wildman–Crippen LogP) is 3.15. The minimum atomic E-state index is 0. The van der Waals surface area contributed by atoms with Gasteiger partial charge in [-0.15, -0.1) is 24.0 Å². The van der Waals surface area contributed by atoms with Crippen molar-refractivity contribution in [3.8, 4) is 5.75 Å². The van der Waals surface area contributed by atoms with E-state index in [9.17, 15) is 0 Å². The second-order valence-electron chi connectivity index (χ2n) is 6.34. The summed E-state index contributed by atoms with van der Waals surface area (Å²) in [5, 5.41) is 10.1. The molecule has 0 aliphatic carbocycles. The number of aliphatic imine (C=N–C) groups is 1. The molecule has 0 atom stereocenters. The maximum Gasteiger partial charge on any atom is 0.191 e. The maximum absolute atomic E-state index is 5.65. The molecule has 3 N–H and O–H groups in total. The molecule has 0 aliphatic heterocycles. The van der Waals surface area contributed by atoms with Gasteiger partial charge in [0, 0.05) is 30.7 Å². The Balaban J connectivity index is 0.00000529. The average molecular weight is 448 g/mol. The summed E-state index contributed by atoms with van der Waals surface area (Å²) in [7, 11) is 0. The fourth-order valence-corrected chi connectivity index (χ4v) is 2.06. The van der Waals surface area contributed by atoms with Gasteiger partial charge in [0.25, 0.3) is 0 Å². The molecule has 0 heterocycles. The molecule has 0 unspecified atom stereocenters. The second-order valence-corrected chi connectivity index (χ2v) is 6.34. The first-order chi connectivity index (χ1) is 11.0. The molecule has 24 heavy (non-hydrogen) atoms. The van der Waals surface area contributed by atoms with Gasteiger partial charge >= 0.3 is 0 Å². The lowest BCUT2D eigenvalue weighted by molar-refractivity contribution is 0.336. The topological polar surface area (TPSA) is 57.7 Å². The third kappa shape index (κ3) is 9.97. The average Bonchev–Trinajstić information content (AvgIpc) is 2.49. The van der Waals surface area contributed by atoms with Crippen molar-refractivity contribution in [2.75, 3.05) is 26.2 Å². The summed E-state index contributed by atoms with van der Waals surface area (Å²) in [6.45, 7) is 14.4. The van der Waals surface area contributed by atoms with E-state index >= 15 is 0 Å². The summed E-state index contributed by atoms with van der Waals surface area (Å²) in [5.74, 6) is 1.73. The fraction of sp³-hybridized carbons (Fsp3) is 0.611. The first-order valence-corrected chi connectivity index (χ1v) is 8.44. The van der Waals surface area contributed by atoms with E-state index in [0.717, 1.165) is 36.9 Å². The number of para-hydroxylation sites is 1. The van der Waals surface area contributed by atoms with Gasteiger partial charge in [0.05, 0.1) is 13.2 Å². The molecule has 0 radical (unpaired) electrons. The van der Waals surface area contributed by atoms with Crippen LogP contribution in [-0.4, -0.2) is 37.7 Å². The summed E-state index contributed by atoms with van der Waals surface area (Å²) in [5.41, 5.74) is 1.23. The van der Waals surface area contributed by atoms with Crippen molar-refractivity contribution in [2.24, 2.45) is 4.99 Å². The van der Waals surface area contributed by atoms with Crippen LogP contribution in [0.1, 0.15) is 40.2 Å². The molecule has 6 heteroatoms. The number of nitrogens with one attached hydrogen (secondary N) is 3. The Morgan fingerprint density at radius 2 is 1.79 bits per heavy atom. The maximum atomic E-state index is 5.65. The summed E-state index contributed by atoms with van der Waals surface area (Å²) >= 11 is 0. The van der Waals surface area contributed by atoms with Gasteiger partial charge in [-0.2, -0.15) is 0 Å². The number of benzene rings is 1. The zero-order chi connectivity index (χ0) is 17.1. The highest BCUT2D eigenvalue weighted by molar-refractivity contribution is 14.0. The minimum absolute atomic E-state index is 0. The van der Waals surface area contributed by atoms with Crippen molar-refractivity contribution in [3.63, 3.8) is 0 Å². The number of rotatable bonds is 8. The van der Waals surface area contributed by atoms with E-state index in [2.05, 4.69) is 54.7 Å².